The second-order valence-electron chi connectivity index (χ2n) is 6.62. The Hall–Kier alpha value is -1.50. The first kappa shape index (κ1) is 16.0. The number of likely N-dealkylation sites (tertiary alicyclic amines) is 2. The number of thiophene rings is 1. The van der Waals surface area contributed by atoms with E-state index in [2.05, 4.69) is 34.0 Å². The third-order valence-electron chi connectivity index (χ3n) is 5.21. The Morgan fingerprint density at radius 1 is 1.42 bits per heavy atom. The summed E-state index contributed by atoms with van der Waals surface area (Å²) >= 11 is 3.47. The monoisotopic (exact) mass is 359 g/mol. The van der Waals surface area contributed by atoms with Gasteiger partial charge in [-0.2, -0.15) is 0 Å². The highest BCUT2D eigenvalue weighted by Crippen LogP contribution is 2.50. The zero-order valence-corrected chi connectivity index (χ0v) is 15.2. The highest BCUT2D eigenvalue weighted by molar-refractivity contribution is 7.10. The Labute approximate surface area is 150 Å². The third kappa shape index (κ3) is 2.62. The standard InChI is InChI=1S/C18H21N3OS2/c1-2-7-21-8-5-18(17(21)22)13-20(11-14-4-3-9-23-14)12-15(18)16-19-6-10-24-16/h2-4,6,9-10,15H,1,5,7-8,11-13H2/t15-,18-/m1/s1. The van der Waals surface area contributed by atoms with Crippen molar-refractivity contribution >= 4 is 28.6 Å². The predicted molar refractivity (Wildman–Crippen MR) is 98.3 cm³/mol. The van der Waals surface area contributed by atoms with Gasteiger partial charge in [0, 0.05) is 55.1 Å². The van der Waals surface area contributed by atoms with Crippen molar-refractivity contribution in [2.45, 2.75) is 18.9 Å². The number of rotatable bonds is 5. The molecule has 2 aromatic rings. The summed E-state index contributed by atoms with van der Waals surface area (Å²) in [6.07, 6.45) is 4.61. The molecule has 126 valence electrons. The average molecular weight is 360 g/mol. The summed E-state index contributed by atoms with van der Waals surface area (Å²) < 4.78 is 0. The molecule has 1 amide bonds. The molecule has 2 aliphatic rings. The zero-order valence-electron chi connectivity index (χ0n) is 13.6. The van der Waals surface area contributed by atoms with Crippen LogP contribution in [0.2, 0.25) is 0 Å². The maximum Gasteiger partial charge on any atom is 0.231 e. The second-order valence-corrected chi connectivity index (χ2v) is 8.58. The highest BCUT2D eigenvalue weighted by atomic mass is 32.1. The summed E-state index contributed by atoms with van der Waals surface area (Å²) in [7, 11) is 0. The van der Waals surface area contributed by atoms with Crippen LogP contribution in [0.1, 0.15) is 22.2 Å². The molecule has 0 saturated carbocycles. The fourth-order valence-electron chi connectivity index (χ4n) is 4.13. The lowest BCUT2D eigenvalue weighted by Gasteiger charge is -2.27. The van der Waals surface area contributed by atoms with Gasteiger partial charge < -0.3 is 4.90 Å². The van der Waals surface area contributed by atoms with Gasteiger partial charge >= 0.3 is 0 Å². The van der Waals surface area contributed by atoms with Crippen LogP contribution in [0.15, 0.2) is 41.7 Å². The van der Waals surface area contributed by atoms with Crippen molar-refractivity contribution in [3.63, 3.8) is 0 Å². The number of hydrogen-bond donors (Lipinski definition) is 0. The number of nitrogens with zero attached hydrogens (tertiary/aromatic N) is 3. The number of hydrogen-bond acceptors (Lipinski definition) is 5. The van der Waals surface area contributed by atoms with Gasteiger partial charge in [-0.1, -0.05) is 12.1 Å². The minimum atomic E-state index is -0.307. The van der Waals surface area contributed by atoms with Crippen LogP contribution in [0.3, 0.4) is 0 Å². The largest absolute Gasteiger partial charge is 0.338 e. The van der Waals surface area contributed by atoms with Gasteiger partial charge in [-0.15, -0.1) is 29.3 Å². The van der Waals surface area contributed by atoms with Crippen molar-refractivity contribution in [3.8, 4) is 0 Å². The summed E-state index contributed by atoms with van der Waals surface area (Å²) in [6.45, 7) is 7.95. The van der Waals surface area contributed by atoms with Gasteiger partial charge in [0.15, 0.2) is 0 Å². The van der Waals surface area contributed by atoms with Crippen LogP contribution in [0.4, 0.5) is 0 Å². The first-order valence-corrected chi connectivity index (χ1v) is 10.0. The Morgan fingerprint density at radius 3 is 3.04 bits per heavy atom. The minimum absolute atomic E-state index is 0.208. The normalized spacial score (nSPS) is 27.4. The van der Waals surface area contributed by atoms with Crippen LogP contribution in [-0.2, 0) is 11.3 Å². The van der Waals surface area contributed by atoms with Crippen molar-refractivity contribution in [1.82, 2.24) is 14.8 Å². The van der Waals surface area contributed by atoms with Gasteiger partial charge in [0.2, 0.25) is 5.91 Å². The van der Waals surface area contributed by atoms with Crippen molar-refractivity contribution in [2.75, 3.05) is 26.2 Å². The van der Waals surface area contributed by atoms with Gasteiger partial charge in [-0.25, -0.2) is 4.98 Å². The molecule has 0 aliphatic carbocycles. The number of carbonyl (C=O) groups is 1. The van der Waals surface area contributed by atoms with Crippen LogP contribution >= 0.6 is 22.7 Å². The molecular weight excluding hydrogens is 338 g/mol. The summed E-state index contributed by atoms with van der Waals surface area (Å²) in [5, 5.41) is 5.25. The molecule has 0 radical (unpaired) electrons. The molecule has 4 heterocycles. The first-order valence-electron chi connectivity index (χ1n) is 8.27. The number of carbonyl (C=O) groups excluding carboxylic acids is 1. The van der Waals surface area contributed by atoms with Crippen LogP contribution in [-0.4, -0.2) is 46.9 Å². The SMILES string of the molecule is C=CCN1CC[C@]2(CN(Cc3cccs3)C[C@@H]2c2nccs2)C1=O. The van der Waals surface area contributed by atoms with Gasteiger partial charge in [-0.3, -0.25) is 9.69 Å². The fourth-order valence-corrected chi connectivity index (χ4v) is 5.72. The highest BCUT2D eigenvalue weighted by Gasteiger charge is 2.57. The van der Waals surface area contributed by atoms with Gasteiger partial charge in [0.25, 0.3) is 0 Å². The maximum absolute atomic E-state index is 13.2. The van der Waals surface area contributed by atoms with E-state index in [1.807, 2.05) is 22.6 Å². The lowest BCUT2D eigenvalue weighted by Crippen LogP contribution is -2.39. The molecule has 4 nitrogen and oxygen atoms in total. The van der Waals surface area contributed by atoms with E-state index in [1.54, 1.807) is 22.7 Å². The molecule has 2 aromatic heterocycles. The van der Waals surface area contributed by atoms with E-state index >= 15 is 0 Å². The molecule has 0 bridgehead atoms. The second kappa shape index (κ2) is 6.43. The molecule has 6 heteroatoms. The Morgan fingerprint density at radius 2 is 2.33 bits per heavy atom. The van der Waals surface area contributed by atoms with Gasteiger partial charge in [0.05, 0.1) is 10.4 Å². The third-order valence-corrected chi connectivity index (χ3v) is 6.96. The van der Waals surface area contributed by atoms with Crippen molar-refractivity contribution < 1.29 is 4.79 Å². The topological polar surface area (TPSA) is 36.4 Å². The van der Waals surface area contributed by atoms with Crippen LogP contribution < -0.4 is 0 Å². The van der Waals surface area contributed by atoms with E-state index in [4.69, 9.17) is 0 Å². The number of aromatic nitrogens is 1. The zero-order chi connectivity index (χ0) is 16.6. The van der Waals surface area contributed by atoms with E-state index in [1.165, 1.54) is 4.88 Å². The Kier molecular flexibility index (Phi) is 4.28. The molecule has 1 spiro atoms. The molecule has 2 fully saturated rings. The molecule has 4 rings (SSSR count). The number of thiazole rings is 1. The van der Waals surface area contributed by atoms with Crippen molar-refractivity contribution in [3.05, 3.63) is 51.6 Å². The van der Waals surface area contributed by atoms with E-state index in [-0.39, 0.29) is 17.2 Å². The minimum Gasteiger partial charge on any atom is -0.338 e. The smallest absolute Gasteiger partial charge is 0.231 e. The number of amides is 1. The van der Waals surface area contributed by atoms with Crippen molar-refractivity contribution in [2.24, 2.45) is 5.41 Å². The molecule has 0 aromatic carbocycles. The van der Waals surface area contributed by atoms with E-state index in [0.717, 1.165) is 37.6 Å². The fraction of sp³-hybridized carbons (Fsp3) is 0.444. The average Bonchev–Trinajstić information content (AvgIpc) is 3.34. The van der Waals surface area contributed by atoms with Crippen molar-refractivity contribution in [1.29, 1.82) is 0 Å². The molecule has 0 N–H and O–H groups in total. The summed E-state index contributed by atoms with van der Waals surface area (Å²) in [5.74, 6) is 0.496. The van der Waals surface area contributed by atoms with Gasteiger partial charge in [-0.05, 0) is 17.9 Å². The van der Waals surface area contributed by atoms with Crippen LogP contribution in [0, 0.1) is 5.41 Å². The predicted octanol–water partition coefficient (Wildman–Crippen LogP) is 3.21. The van der Waals surface area contributed by atoms with Crippen LogP contribution in [0.25, 0.3) is 0 Å². The molecule has 2 atom stereocenters. The summed E-state index contributed by atoms with van der Waals surface area (Å²) in [4.78, 5) is 23.5. The Balaban J connectivity index is 1.62. The first-order chi connectivity index (χ1) is 11.7. The lowest BCUT2D eigenvalue weighted by atomic mass is 9.77. The molecule has 2 saturated heterocycles. The summed E-state index contributed by atoms with van der Waals surface area (Å²) in [5.41, 5.74) is -0.307. The maximum atomic E-state index is 13.2. The lowest BCUT2D eigenvalue weighted by molar-refractivity contribution is -0.135. The van der Waals surface area contributed by atoms with E-state index < -0.39 is 0 Å². The van der Waals surface area contributed by atoms with Gasteiger partial charge in [0.1, 0.15) is 0 Å². The van der Waals surface area contributed by atoms with E-state index in [0.29, 0.717) is 6.54 Å². The quantitative estimate of drug-likeness (QED) is 0.769. The Bertz CT molecular complexity index is 713. The molecule has 2 aliphatic heterocycles. The summed E-state index contributed by atoms with van der Waals surface area (Å²) in [6, 6.07) is 4.27. The molecular formula is C18H21N3OS2. The van der Waals surface area contributed by atoms with Crippen LogP contribution in [0.5, 0.6) is 0 Å². The molecule has 0 unspecified atom stereocenters. The molecule has 24 heavy (non-hydrogen) atoms. The van der Waals surface area contributed by atoms with E-state index in [9.17, 15) is 4.79 Å².